The summed E-state index contributed by atoms with van der Waals surface area (Å²) >= 11 is 0. The van der Waals surface area contributed by atoms with Gasteiger partial charge in [-0.1, -0.05) is 90.1 Å². The molecule has 0 saturated heterocycles. The molecular weight excluding hydrogens is 438 g/mol. The van der Waals surface area contributed by atoms with E-state index in [1.807, 2.05) is 27.7 Å². The van der Waals surface area contributed by atoms with E-state index in [2.05, 4.69) is 115 Å². The van der Waals surface area contributed by atoms with Crippen LogP contribution in [0, 0.1) is 6.92 Å². The number of aromatic nitrogens is 3. The van der Waals surface area contributed by atoms with Crippen LogP contribution in [0.2, 0.25) is 0 Å². The molecule has 0 bridgehead atoms. The van der Waals surface area contributed by atoms with E-state index >= 15 is 0 Å². The number of benzene rings is 4. The van der Waals surface area contributed by atoms with Crippen molar-refractivity contribution in [1.29, 1.82) is 0 Å². The van der Waals surface area contributed by atoms with Crippen LogP contribution in [0.4, 0.5) is 0 Å². The Hall–Kier alpha value is -3.85. The molecule has 3 nitrogen and oxygen atoms in total. The van der Waals surface area contributed by atoms with Crippen LogP contribution in [-0.2, 0) is 5.41 Å². The monoisotopic (exact) mass is 473 g/mol. The SMILES string of the molecule is CC.CC.Cc1cccc(-n2c3cc4c(cc3n3c5ccccc5nc23)-c2ccccc2C4(C)C)c1. The number of hydrogen-bond acceptors (Lipinski definition) is 1. The molecule has 0 fully saturated rings. The molecule has 4 aromatic carbocycles. The van der Waals surface area contributed by atoms with Crippen molar-refractivity contribution in [3.05, 3.63) is 102 Å². The third kappa shape index (κ3) is 3.30. The maximum atomic E-state index is 5.07. The smallest absolute Gasteiger partial charge is 0.220 e. The summed E-state index contributed by atoms with van der Waals surface area (Å²) in [6.07, 6.45) is 0. The Morgan fingerprint density at radius 2 is 1.36 bits per heavy atom. The van der Waals surface area contributed by atoms with Crippen LogP contribution in [0.3, 0.4) is 0 Å². The first-order valence-corrected chi connectivity index (χ1v) is 13.2. The zero-order chi connectivity index (χ0) is 25.6. The van der Waals surface area contributed by atoms with Crippen LogP contribution < -0.4 is 0 Å². The lowest BCUT2D eigenvalue weighted by molar-refractivity contribution is 0.661. The average molecular weight is 474 g/mol. The van der Waals surface area contributed by atoms with Crippen LogP contribution in [0.15, 0.2) is 84.9 Å². The maximum Gasteiger partial charge on any atom is 0.220 e. The van der Waals surface area contributed by atoms with Gasteiger partial charge < -0.3 is 0 Å². The third-order valence-electron chi connectivity index (χ3n) is 7.16. The average Bonchev–Trinajstić information content (AvgIpc) is 3.51. The van der Waals surface area contributed by atoms with Crippen LogP contribution in [0.5, 0.6) is 0 Å². The summed E-state index contributed by atoms with van der Waals surface area (Å²) in [5.74, 6) is 0.960. The number of para-hydroxylation sites is 2. The highest BCUT2D eigenvalue weighted by molar-refractivity contribution is 5.97. The van der Waals surface area contributed by atoms with Gasteiger partial charge in [0.05, 0.1) is 22.1 Å². The van der Waals surface area contributed by atoms with Crippen molar-refractivity contribution in [2.75, 3.05) is 0 Å². The Balaban J connectivity index is 0.000000637. The molecular formula is C33H35N3. The van der Waals surface area contributed by atoms with Gasteiger partial charge >= 0.3 is 0 Å². The molecule has 2 aromatic heterocycles. The fraction of sp³-hybridized carbons (Fsp3) is 0.242. The molecule has 0 spiro atoms. The van der Waals surface area contributed by atoms with Gasteiger partial charge in [0.1, 0.15) is 0 Å². The predicted octanol–water partition coefficient (Wildman–Crippen LogP) is 9.10. The minimum absolute atomic E-state index is 0.0357. The second-order valence-corrected chi connectivity index (χ2v) is 9.47. The van der Waals surface area contributed by atoms with E-state index < -0.39 is 0 Å². The normalized spacial score (nSPS) is 13.1. The van der Waals surface area contributed by atoms with Crippen molar-refractivity contribution in [3.8, 4) is 16.8 Å². The molecule has 182 valence electrons. The highest BCUT2D eigenvalue weighted by Crippen LogP contribution is 2.50. The van der Waals surface area contributed by atoms with Gasteiger partial charge in [0.2, 0.25) is 5.78 Å². The van der Waals surface area contributed by atoms with Crippen LogP contribution in [0.1, 0.15) is 58.2 Å². The molecule has 0 atom stereocenters. The molecule has 1 aliphatic rings. The van der Waals surface area contributed by atoms with E-state index in [1.165, 1.54) is 38.9 Å². The minimum atomic E-state index is -0.0357. The zero-order valence-electron chi connectivity index (χ0n) is 22.4. The number of fused-ring (bicyclic) bond motifs is 8. The van der Waals surface area contributed by atoms with Crippen molar-refractivity contribution >= 4 is 27.8 Å². The van der Waals surface area contributed by atoms with Crippen LogP contribution >= 0.6 is 0 Å². The summed E-state index contributed by atoms with van der Waals surface area (Å²) in [4.78, 5) is 5.07. The molecule has 0 unspecified atom stereocenters. The van der Waals surface area contributed by atoms with E-state index in [0.717, 1.165) is 22.5 Å². The molecule has 0 saturated carbocycles. The molecule has 3 heteroatoms. The summed E-state index contributed by atoms with van der Waals surface area (Å²) < 4.78 is 4.64. The summed E-state index contributed by atoms with van der Waals surface area (Å²) in [5, 5.41) is 0. The highest BCUT2D eigenvalue weighted by Gasteiger charge is 2.36. The first kappa shape index (κ1) is 23.9. The molecule has 36 heavy (non-hydrogen) atoms. The topological polar surface area (TPSA) is 22.2 Å². The van der Waals surface area contributed by atoms with Gasteiger partial charge in [-0.15, -0.1) is 0 Å². The van der Waals surface area contributed by atoms with Crippen molar-refractivity contribution < 1.29 is 0 Å². The van der Waals surface area contributed by atoms with E-state index in [0.29, 0.717) is 0 Å². The Bertz CT molecular complexity index is 1710. The van der Waals surface area contributed by atoms with E-state index in [9.17, 15) is 0 Å². The van der Waals surface area contributed by atoms with E-state index in [1.54, 1.807) is 0 Å². The standard InChI is InChI=1S/C29H23N3.2C2H6/c1-18-9-8-10-19(15-18)31-27-17-23-21(20-11-4-5-12-22(20)29(23,2)3)16-26(27)32-25-14-7-6-13-24(25)30-28(31)32;2*1-2/h4-17H,1-3H3;2*1-2H3. The minimum Gasteiger partial charge on any atom is -0.278 e. The predicted molar refractivity (Wildman–Crippen MR) is 155 cm³/mol. The number of nitrogens with zero attached hydrogens (tertiary/aromatic N) is 3. The second-order valence-electron chi connectivity index (χ2n) is 9.47. The molecule has 0 amide bonds. The van der Waals surface area contributed by atoms with Crippen molar-refractivity contribution in [3.63, 3.8) is 0 Å². The fourth-order valence-electron chi connectivity index (χ4n) is 5.61. The Kier molecular flexibility index (Phi) is 5.96. The third-order valence-corrected chi connectivity index (χ3v) is 7.16. The Morgan fingerprint density at radius 1 is 0.639 bits per heavy atom. The number of hydrogen-bond donors (Lipinski definition) is 0. The summed E-state index contributed by atoms with van der Waals surface area (Å²) in [5.41, 5.74) is 12.4. The Labute approximate surface area is 214 Å². The van der Waals surface area contributed by atoms with Crippen LogP contribution in [0.25, 0.3) is 44.7 Å². The zero-order valence-corrected chi connectivity index (χ0v) is 22.4. The van der Waals surface area contributed by atoms with Crippen molar-refractivity contribution in [1.82, 2.24) is 14.0 Å². The van der Waals surface area contributed by atoms with Gasteiger partial charge in [0, 0.05) is 11.1 Å². The number of rotatable bonds is 1. The van der Waals surface area contributed by atoms with E-state index in [-0.39, 0.29) is 5.41 Å². The second kappa shape index (κ2) is 8.98. The van der Waals surface area contributed by atoms with Gasteiger partial charge in [-0.2, -0.15) is 0 Å². The lowest BCUT2D eigenvalue weighted by Gasteiger charge is -2.21. The van der Waals surface area contributed by atoms with Gasteiger partial charge in [-0.25, -0.2) is 4.98 Å². The van der Waals surface area contributed by atoms with Gasteiger partial charge in [-0.3, -0.25) is 8.97 Å². The Morgan fingerprint density at radius 3 is 2.14 bits per heavy atom. The molecule has 0 aliphatic heterocycles. The quantitative estimate of drug-likeness (QED) is 0.233. The van der Waals surface area contributed by atoms with Crippen molar-refractivity contribution in [2.45, 2.75) is 53.9 Å². The molecule has 1 aliphatic carbocycles. The fourth-order valence-corrected chi connectivity index (χ4v) is 5.61. The van der Waals surface area contributed by atoms with E-state index in [4.69, 9.17) is 4.98 Å². The van der Waals surface area contributed by atoms with Gasteiger partial charge in [0.15, 0.2) is 0 Å². The first-order valence-electron chi connectivity index (χ1n) is 13.2. The summed E-state index contributed by atoms with van der Waals surface area (Å²) in [6, 6.07) is 30.7. The van der Waals surface area contributed by atoms with Gasteiger partial charge in [0.25, 0.3) is 0 Å². The van der Waals surface area contributed by atoms with Crippen molar-refractivity contribution in [2.24, 2.45) is 0 Å². The molecule has 0 radical (unpaired) electrons. The maximum absolute atomic E-state index is 5.07. The highest BCUT2D eigenvalue weighted by atomic mass is 15.2. The summed E-state index contributed by atoms with van der Waals surface area (Å²) in [6.45, 7) is 14.8. The number of aryl methyl sites for hydroxylation is 1. The molecule has 7 rings (SSSR count). The first-order chi connectivity index (χ1) is 17.5. The lowest BCUT2D eigenvalue weighted by atomic mass is 9.82. The van der Waals surface area contributed by atoms with Gasteiger partial charge in [-0.05, 0) is 71.1 Å². The largest absolute Gasteiger partial charge is 0.278 e. The lowest BCUT2D eigenvalue weighted by Crippen LogP contribution is -2.15. The van der Waals surface area contributed by atoms with Crippen LogP contribution in [-0.4, -0.2) is 14.0 Å². The summed E-state index contributed by atoms with van der Waals surface area (Å²) in [7, 11) is 0. The number of imidazole rings is 2. The molecule has 6 aromatic rings. The molecule has 0 N–H and O–H groups in total. The molecule has 2 heterocycles.